The lowest BCUT2D eigenvalue weighted by atomic mass is 10.1. The van der Waals surface area contributed by atoms with Gasteiger partial charge in [-0.25, -0.2) is 4.98 Å². The Bertz CT molecular complexity index is 1050. The molecular weight excluding hydrogens is 416 g/mol. The van der Waals surface area contributed by atoms with Gasteiger partial charge in [-0.2, -0.15) is 0 Å². The van der Waals surface area contributed by atoms with Gasteiger partial charge in [0.25, 0.3) is 0 Å². The normalized spacial score (nSPS) is 20.5. The number of nitrogens with zero attached hydrogens (tertiary/aromatic N) is 3. The fourth-order valence-corrected chi connectivity index (χ4v) is 5.18. The molecule has 162 valence electrons. The highest BCUT2D eigenvalue weighted by atomic mass is 32.1. The van der Waals surface area contributed by atoms with E-state index in [0.29, 0.717) is 36.9 Å². The maximum Gasteiger partial charge on any atom is 0.229 e. The minimum Gasteiger partial charge on any atom is -0.497 e. The van der Waals surface area contributed by atoms with Crippen LogP contribution < -0.4 is 15.0 Å². The largest absolute Gasteiger partial charge is 0.497 e. The zero-order valence-electron chi connectivity index (χ0n) is 17.3. The Kier molecular flexibility index (Phi) is 5.13. The molecule has 1 atom stereocenters. The van der Waals surface area contributed by atoms with E-state index in [2.05, 4.69) is 10.3 Å². The van der Waals surface area contributed by atoms with Crippen molar-refractivity contribution < 1.29 is 19.1 Å². The van der Waals surface area contributed by atoms with E-state index in [0.717, 1.165) is 29.1 Å². The van der Waals surface area contributed by atoms with E-state index in [9.17, 15) is 14.4 Å². The Hall–Kier alpha value is -2.94. The second-order valence-corrected chi connectivity index (χ2v) is 9.35. The molecule has 31 heavy (non-hydrogen) atoms. The van der Waals surface area contributed by atoms with E-state index in [-0.39, 0.29) is 36.0 Å². The molecule has 0 spiro atoms. The fourth-order valence-electron chi connectivity index (χ4n) is 4.15. The topological polar surface area (TPSA) is 91.8 Å². The minimum absolute atomic E-state index is 0.00126. The van der Waals surface area contributed by atoms with Gasteiger partial charge in [0.15, 0.2) is 5.13 Å². The molecule has 3 aliphatic rings. The van der Waals surface area contributed by atoms with Gasteiger partial charge >= 0.3 is 0 Å². The number of hydrogen-bond donors (Lipinski definition) is 1. The quantitative estimate of drug-likeness (QED) is 0.771. The van der Waals surface area contributed by atoms with Gasteiger partial charge in [0.05, 0.1) is 25.3 Å². The molecule has 3 heterocycles. The Morgan fingerprint density at radius 2 is 2.10 bits per heavy atom. The summed E-state index contributed by atoms with van der Waals surface area (Å²) in [5.74, 6) is 0.446. The Labute approximate surface area is 184 Å². The maximum absolute atomic E-state index is 13.2. The summed E-state index contributed by atoms with van der Waals surface area (Å²) in [6.45, 7) is 1.43. The molecule has 8 nitrogen and oxygen atoms in total. The molecule has 0 bridgehead atoms. The number of carbonyl (C=O) groups is 3. The standard InChI is InChI=1S/C22H24N4O4S/c1-30-16-4-2-3-15(10-16)26-11-14(9-19(26)27)21(29)25-8-7-17-18(12-25)31-22(23-17)24-20(28)13-5-6-13/h2-4,10,13-14H,5-9,11-12H2,1H3,(H,23,24,28). The number of methoxy groups -OCH3 is 1. The van der Waals surface area contributed by atoms with Crippen LogP contribution in [-0.2, 0) is 27.3 Å². The molecule has 5 rings (SSSR count). The van der Waals surface area contributed by atoms with Crippen molar-refractivity contribution in [2.75, 3.05) is 30.4 Å². The van der Waals surface area contributed by atoms with Crippen LogP contribution in [0.2, 0.25) is 0 Å². The summed E-state index contributed by atoms with van der Waals surface area (Å²) in [6, 6.07) is 7.34. The van der Waals surface area contributed by atoms with Gasteiger partial charge in [-0.3, -0.25) is 14.4 Å². The lowest BCUT2D eigenvalue weighted by molar-refractivity contribution is -0.136. The molecule has 9 heteroatoms. The van der Waals surface area contributed by atoms with Crippen LogP contribution >= 0.6 is 11.3 Å². The molecular formula is C22H24N4O4S. The van der Waals surface area contributed by atoms with Crippen molar-refractivity contribution in [3.05, 3.63) is 34.8 Å². The molecule has 1 unspecified atom stereocenters. The summed E-state index contributed by atoms with van der Waals surface area (Å²) >= 11 is 1.45. The third-order valence-electron chi connectivity index (χ3n) is 6.06. The van der Waals surface area contributed by atoms with E-state index >= 15 is 0 Å². The van der Waals surface area contributed by atoms with Gasteiger partial charge in [-0.1, -0.05) is 17.4 Å². The van der Waals surface area contributed by atoms with Gasteiger partial charge < -0.3 is 19.9 Å². The van der Waals surface area contributed by atoms with Crippen LogP contribution in [0, 0.1) is 11.8 Å². The summed E-state index contributed by atoms with van der Waals surface area (Å²) in [6.07, 6.45) is 2.78. The first-order chi connectivity index (χ1) is 15.0. The van der Waals surface area contributed by atoms with E-state index in [1.807, 2.05) is 29.2 Å². The third-order valence-corrected chi connectivity index (χ3v) is 7.06. The van der Waals surface area contributed by atoms with Crippen LogP contribution in [0.5, 0.6) is 5.75 Å². The number of rotatable bonds is 5. The number of anilines is 2. The van der Waals surface area contributed by atoms with Gasteiger partial charge in [-0.05, 0) is 25.0 Å². The fraction of sp³-hybridized carbons (Fsp3) is 0.455. The first kappa shape index (κ1) is 20.0. The zero-order chi connectivity index (χ0) is 21.5. The van der Waals surface area contributed by atoms with Crippen LogP contribution in [0.1, 0.15) is 29.8 Å². The van der Waals surface area contributed by atoms with E-state index in [1.54, 1.807) is 12.0 Å². The molecule has 2 aromatic rings. The predicted octanol–water partition coefficient (Wildman–Crippen LogP) is 2.44. The van der Waals surface area contributed by atoms with Crippen molar-refractivity contribution in [3.63, 3.8) is 0 Å². The van der Waals surface area contributed by atoms with Crippen LogP contribution in [0.4, 0.5) is 10.8 Å². The zero-order valence-corrected chi connectivity index (χ0v) is 18.1. The summed E-state index contributed by atoms with van der Waals surface area (Å²) < 4.78 is 5.25. The maximum atomic E-state index is 13.2. The van der Waals surface area contributed by atoms with Gasteiger partial charge in [-0.15, -0.1) is 0 Å². The van der Waals surface area contributed by atoms with Crippen molar-refractivity contribution in [2.24, 2.45) is 11.8 Å². The van der Waals surface area contributed by atoms with E-state index in [4.69, 9.17) is 4.74 Å². The third kappa shape index (κ3) is 4.01. The van der Waals surface area contributed by atoms with Gasteiger partial charge in [0.2, 0.25) is 17.7 Å². The Morgan fingerprint density at radius 1 is 1.26 bits per heavy atom. The van der Waals surface area contributed by atoms with Crippen LogP contribution in [0.3, 0.4) is 0 Å². The number of ether oxygens (including phenoxy) is 1. The number of amides is 3. The van der Waals surface area contributed by atoms with Crippen molar-refractivity contribution >= 4 is 39.9 Å². The van der Waals surface area contributed by atoms with Gasteiger partial charge in [0.1, 0.15) is 5.75 Å². The van der Waals surface area contributed by atoms with Crippen LogP contribution in [0.25, 0.3) is 0 Å². The number of fused-ring (bicyclic) bond motifs is 1. The average Bonchev–Trinajstić information content (AvgIpc) is 3.45. The first-order valence-corrected chi connectivity index (χ1v) is 11.4. The molecule has 2 fully saturated rings. The second-order valence-electron chi connectivity index (χ2n) is 8.27. The highest BCUT2D eigenvalue weighted by molar-refractivity contribution is 7.15. The molecule has 1 aliphatic carbocycles. The number of aromatic nitrogens is 1. The van der Waals surface area contributed by atoms with Crippen LogP contribution in [0.15, 0.2) is 24.3 Å². The number of hydrogen-bond acceptors (Lipinski definition) is 6. The predicted molar refractivity (Wildman–Crippen MR) is 116 cm³/mol. The van der Waals surface area contributed by atoms with Gasteiger partial charge in [0, 0.05) is 48.5 Å². The summed E-state index contributed by atoms with van der Waals surface area (Å²) in [7, 11) is 1.59. The molecule has 1 aromatic heterocycles. The van der Waals surface area contributed by atoms with Crippen molar-refractivity contribution in [1.29, 1.82) is 0 Å². The van der Waals surface area contributed by atoms with E-state index < -0.39 is 0 Å². The Balaban J connectivity index is 1.24. The lowest BCUT2D eigenvalue weighted by Crippen LogP contribution is -2.40. The molecule has 1 aromatic carbocycles. The highest BCUT2D eigenvalue weighted by Crippen LogP contribution is 2.34. The van der Waals surface area contributed by atoms with Crippen molar-refractivity contribution in [3.8, 4) is 5.75 Å². The minimum atomic E-state index is -0.359. The molecule has 1 N–H and O–H groups in total. The van der Waals surface area contributed by atoms with Crippen molar-refractivity contribution in [1.82, 2.24) is 9.88 Å². The summed E-state index contributed by atoms with van der Waals surface area (Å²) in [5.41, 5.74) is 1.71. The Morgan fingerprint density at radius 3 is 2.87 bits per heavy atom. The molecule has 1 saturated heterocycles. The summed E-state index contributed by atoms with van der Waals surface area (Å²) in [5, 5.41) is 3.52. The lowest BCUT2D eigenvalue weighted by Gasteiger charge is -2.28. The van der Waals surface area contributed by atoms with E-state index in [1.165, 1.54) is 11.3 Å². The highest BCUT2D eigenvalue weighted by Gasteiger charge is 2.38. The van der Waals surface area contributed by atoms with Crippen LogP contribution in [-0.4, -0.2) is 47.8 Å². The molecule has 3 amide bonds. The first-order valence-electron chi connectivity index (χ1n) is 10.5. The monoisotopic (exact) mass is 440 g/mol. The number of nitrogens with one attached hydrogen (secondary N) is 1. The molecule has 0 radical (unpaired) electrons. The number of thiazole rings is 1. The molecule has 1 saturated carbocycles. The summed E-state index contributed by atoms with van der Waals surface area (Å²) in [4.78, 5) is 46.8. The molecule has 2 aliphatic heterocycles. The number of carbonyl (C=O) groups excluding carboxylic acids is 3. The SMILES string of the molecule is COc1cccc(N2CC(C(=O)N3CCc4nc(NC(=O)C5CC5)sc4C3)CC2=O)c1. The second kappa shape index (κ2) is 7.96. The van der Waals surface area contributed by atoms with Crippen molar-refractivity contribution in [2.45, 2.75) is 32.2 Å². The number of benzene rings is 1. The smallest absolute Gasteiger partial charge is 0.229 e. The average molecular weight is 441 g/mol.